The van der Waals surface area contributed by atoms with Gasteiger partial charge in [-0.1, -0.05) is 18.2 Å². The van der Waals surface area contributed by atoms with E-state index in [0.29, 0.717) is 12.0 Å². The van der Waals surface area contributed by atoms with Crippen LogP contribution in [0.4, 0.5) is 13.2 Å². The van der Waals surface area contributed by atoms with Crippen molar-refractivity contribution in [1.82, 2.24) is 19.8 Å². The van der Waals surface area contributed by atoms with Gasteiger partial charge in [-0.25, -0.2) is 12.7 Å². The second-order valence-corrected chi connectivity index (χ2v) is 14.0. The zero-order valence-electron chi connectivity index (χ0n) is 26.0. The number of amides is 3. The summed E-state index contributed by atoms with van der Waals surface area (Å²) < 4.78 is 74.9. The number of halogens is 3. The fourth-order valence-electron chi connectivity index (χ4n) is 5.77. The summed E-state index contributed by atoms with van der Waals surface area (Å²) in [5.41, 5.74) is -0.403. The molecular formula is C32H36F3N5O6S. The van der Waals surface area contributed by atoms with Gasteiger partial charge in [-0.2, -0.15) is 13.2 Å². The first-order chi connectivity index (χ1) is 22.2. The van der Waals surface area contributed by atoms with Gasteiger partial charge in [0.05, 0.1) is 24.5 Å². The van der Waals surface area contributed by atoms with E-state index in [0.717, 1.165) is 23.3 Å². The minimum atomic E-state index is -4.69. The number of piperidine rings is 1. The van der Waals surface area contributed by atoms with Crippen LogP contribution in [-0.4, -0.2) is 92.3 Å². The first kappa shape index (κ1) is 34.1. The van der Waals surface area contributed by atoms with Gasteiger partial charge in [0.1, 0.15) is 17.1 Å². The molecule has 1 fully saturated rings. The van der Waals surface area contributed by atoms with Crippen molar-refractivity contribution in [3.8, 4) is 5.75 Å². The number of alkyl halides is 3. The number of nitrogens with one attached hydrogen (secondary N) is 2. The molecule has 0 radical (unpaired) electrons. The monoisotopic (exact) mass is 675 g/mol. The fourth-order valence-corrected chi connectivity index (χ4v) is 7.24. The summed E-state index contributed by atoms with van der Waals surface area (Å²) in [5.74, 6) is -1.54. The van der Waals surface area contributed by atoms with Gasteiger partial charge >= 0.3 is 6.18 Å². The third-order valence-corrected chi connectivity index (χ3v) is 10.4. The molecule has 0 aliphatic carbocycles. The van der Waals surface area contributed by atoms with Crippen molar-refractivity contribution < 1.29 is 40.7 Å². The minimum absolute atomic E-state index is 0.0172. The van der Waals surface area contributed by atoms with E-state index in [9.17, 15) is 36.0 Å². The highest BCUT2D eigenvalue weighted by Crippen LogP contribution is 2.36. The summed E-state index contributed by atoms with van der Waals surface area (Å²) in [7, 11) is -2.23. The lowest BCUT2D eigenvalue weighted by atomic mass is 9.89. The molecule has 0 atom stereocenters. The zero-order valence-corrected chi connectivity index (χ0v) is 26.8. The molecule has 2 aromatic rings. The van der Waals surface area contributed by atoms with Gasteiger partial charge in [0.2, 0.25) is 15.9 Å². The first-order valence-corrected chi connectivity index (χ1v) is 16.8. The Kier molecular flexibility index (Phi) is 9.78. The summed E-state index contributed by atoms with van der Waals surface area (Å²) in [6, 6.07) is 8.11. The average molecular weight is 676 g/mol. The van der Waals surface area contributed by atoms with Gasteiger partial charge in [0, 0.05) is 37.8 Å². The molecule has 0 saturated carbocycles. The summed E-state index contributed by atoms with van der Waals surface area (Å²) in [4.78, 5) is 44.3. The lowest BCUT2D eigenvalue weighted by Gasteiger charge is -2.34. The molecule has 2 N–H and O–H groups in total. The molecule has 2 aromatic carbocycles. The number of aliphatic imine (C=N–C) groups is 1. The molecule has 47 heavy (non-hydrogen) atoms. The van der Waals surface area contributed by atoms with Gasteiger partial charge in [0.25, 0.3) is 11.8 Å². The Morgan fingerprint density at radius 3 is 2.45 bits per heavy atom. The standard InChI is InChI=1S/C32H36F3N5O6S/c1-21-16-23-7-6-22(21)8-15-47(44,45)40-12-9-31(10-13-40)30(43)37-28(38-31)24-17-25(32(33,34)35)19-26(18-24)46-14-5-3-4-11-36-27(41)20-39(2)29(23)42/h3-4,6-7,16-19H,5,8-15,20H2,1-2H3,(H,36,41)(H,37,38,43)/b4-3+. The van der Waals surface area contributed by atoms with E-state index < -0.39 is 33.2 Å². The molecule has 15 heteroatoms. The Morgan fingerprint density at radius 2 is 1.74 bits per heavy atom. The Morgan fingerprint density at radius 1 is 1.00 bits per heavy atom. The van der Waals surface area contributed by atoms with E-state index in [1.165, 1.54) is 22.3 Å². The van der Waals surface area contributed by atoms with Gasteiger partial charge in [0.15, 0.2) is 0 Å². The van der Waals surface area contributed by atoms with Crippen LogP contribution < -0.4 is 15.4 Å². The average Bonchev–Trinajstić information content (AvgIpc) is 3.33. The number of rotatable bonds is 0. The van der Waals surface area contributed by atoms with Crippen molar-refractivity contribution in [2.24, 2.45) is 4.99 Å². The normalized spacial score (nSPS) is 25.0. The number of aryl methyl sites for hydroxylation is 2. The van der Waals surface area contributed by atoms with Crippen LogP contribution in [0.3, 0.4) is 0 Å². The number of likely N-dealkylation sites (N-methyl/N-ethyl adjacent to an activating group) is 1. The molecule has 1 saturated heterocycles. The van der Waals surface area contributed by atoms with Crippen molar-refractivity contribution in [3.63, 3.8) is 0 Å². The number of carbonyl (C=O) groups excluding carboxylic acids is 3. The number of amidine groups is 1. The Hall–Kier alpha value is -4.24. The number of ether oxygens (including phenoxy) is 1. The third-order valence-electron chi connectivity index (χ3n) is 8.51. The molecule has 5 aliphatic rings. The number of carbonyl (C=O) groups is 3. The van der Waals surface area contributed by atoms with E-state index in [1.54, 1.807) is 37.3 Å². The fraction of sp³-hybridized carbons (Fsp3) is 0.438. The molecule has 5 heterocycles. The lowest BCUT2D eigenvalue weighted by molar-refractivity contribution is -0.137. The predicted molar refractivity (Wildman–Crippen MR) is 168 cm³/mol. The highest BCUT2D eigenvalue weighted by atomic mass is 32.2. The van der Waals surface area contributed by atoms with Crippen LogP contribution in [0.5, 0.6) is 5.75 Å². The highest BCUT2D eigenvalue weighted by molar-refractivity contribution is 7.89. The predicted octanol–water partition coefficient (Wildman–Crippen LogP) is 2.82. The van der Waals surface area contributed by atoms with Crippen molar-refractivity contribution in [2.75, 3.05) is 45.6 Å². The molecule has 1 spiro atoms. The highest BCUT2D eigenvalue weighted by Gasteiger charge is 2.47. The Balaban J connectivity index is 1.41. The van der Waals surface area contributed by atoms with Crippen LogP contribution >= 0.6 is 0 Å². The number of nitrogens with zero attached hydrogens (tertiary/aromatic N) is 3. The Bertz CT molecular complexity index is 1730. The minimum Gasteiger partial charge on any atom is -0.493 e. The van der Waals surface area contributed by atoms with E-state index >= 15 is 0 Å². The number of fused-ring (bicyclic) bond motifs is 2. The summed E-state index contributed by atoms with van der Waals surface area (Å²) in [5, 5.41) is 5.29. The van der Waals surface area contributed by atoms with Crippen molar-refractivity contribution in [2.45, 2.75) is 44.3 Å². The van der Waals surface area contributed by atoms with Crippen LogP contribution in [-0.2, 0) is 32.2 Å². The molecule has 252 valence electrons. The molecule has 7 bridgehead atoms. The third kappa shape index (κ3) is 7.84. The molecule has 11 nitrogen and oxygen atoms in total. The van der Waals surface area contributed by atoms with Gasteiger partial charge < -0.3 is 20.3 Å². The van der Waals surface area contributed by atoms with E-state index in [1.807, 2.05) is 0 Å². The number of hydrogen-bond acceptors (Lipinski definition) is 7. The number of sulfonamides is 1. The second kappa shape index (κ2) is 13.5. The maximum Gasteiger partial charge on any atom is 0.416 e. The molecule has 0 aromatic heterocycles. The lowest BCUT2D eigenvalue weighted by Crippen LogP contribution is -2.50. The number of benzene rings is 2. The summed E-state index contributed by atoms with van der Waals surface area (Å²) >= 11 is 0. The van der Waals surface area contributed by atoms with Crippen LogP contribution in [0.1, 0.15) is 51.9 Å². The molecular weight excluding hydrogens is 639 g/mol. The van der Waals surface area contributed by atoms with Gasteiger partial charge in [-0.15, -0.1) is 0 Å². The van der Waals surface area contributed by atoms with Crippen molar-refractivity contribution in [3.05, 3.63) is 76.4 Å². The quantitative estimate of drug-likeness (QED) is 0.413. The summed E-state index contributed by atoms with van der Waals surface area (Å²) in [6.45, 7) is 1.84. The maximum atomic E-state index is 13.8. The van der Waals surface area contributed by atoms with E-state index in [4.69, 9.17) is 4.74 Å². The molecule has 3 amide bonds. The number of hydrogen-bond donors (Lipinski definition) is 2. The molecule has 0 unspecified atom stereocenters. The first-order valence-electron chi connectivity index (χ1n) is 15.2. The van der Waals surface area contributed by atoms with Crippen molar-refractivity contribution >= 4 is 33.6 Å². The molecule has 7 rings (SSSR count). The largest absolute Gasteiger partial charge is 0.493 e. The smallest absolute Gasteiger partial charge is 0.416 e. The SMILES string of the molecule is Cc1cc2ccc1CCS(=O)(=O)N1CCC3(CC1)N=C(NC3=O)c1cc(cc(C(F)(F)F)c1)OCC/C=C/CNC(=O)CN(C)C2=O. The Labute approximate surface area is 270 Å². The zero-order chi connectivity index (χ0) is 34.0. The topological polar surface area (TPSA) is 137 Å². The van der Waals surface area contributed by atoms with Crippen LogP contribution in [0.2, 0.25) is 0 Å². The van der Waals surface area contributed by atoms with E-state index in [2.05, 4.69) is 15.6 Å². The maximum absolute atomic E-state index is 13.8. The van der Waals surface area contributed by atoms with Gasteiger partial charge in [-0.05, 0) is 74.1 Å². The van der Waals surface area contributed by atoms with Crippen LogP contribution in [0.25, 0.3) is 0 Å². The molecule has 5 aliphatic heterocycles. The van der Waals surface area contributed by atoms with Crippen LogP contribution in [0.15, 0.2) is 53.5 Å². The summed E-state index contributed by atoms with van der Waals surface area (Å²) in [6.07, 6.45) is -0.658. The van der Waals surface area contributed by atoms with Crippen LogP contribution in [0, 0.1) is 6.92 Å². The van der Waals surface area contributed by atoms with E-state index in [-0.39, 0.29) is 86.8 Å². The van der Waals surface area contributed by atoms with Gasteiger partial charge in [-0.3, -0.25) is 19.4 Å². The van der Waals surface area contributed by atoms with Crippen molar-refractivity contribution in [1.29, 1.82) is 0 Å². The second-order valence-electron chi connectivity index (χ2n) is 11.9.